The minimum atomic E-state index is -0.380. The molecule has 0 aliphatic rings. The molecule has 0 aliphatic carbocycles. The average molecular weight is 441 g/mol. The van der Waals surface area contributed by atoms with Gasteiger partial charge in [-0.25, -0.2) is 11.7 Å². The topological polar surface area (TPSA) is 120 Å². The number of hydrogen-bond donors (Lipinski definition) is 4. The summed E-state index contributed by atoms with van der Waals surface area (Å²) in [6.45, 7) is 0. The van der Waals surface area contributed by atoms with E-state index in [4.69, 9.17) is 11.7 Å². The SMILES string of the molecule is Cn1c(C(=O)NN)c(SSc2c(C(=O)NN)n(C)c3ccccc23)c2ccccc21. The van der Waals surface area contributed by atoms with Gasteiger partial charge in [-0.05, 0) is 33.7 Å². The summed E-state index contributed by atoms with van der Waals surface area (Å²) in [6.07, 6.45) is 0. The van der Waals surface area contributed by atoms with E-state index in [0.29, 0.717) is 11.4 Å². The fourth-order valence-corrected chi connectivity index (χ4v) is 6.44. The van der Waals surface area contributed by atoms with Crippen LogP contribution in [0.15, 0.2) is 58.3 Å². The lowest BCUT2D eigenvalue weighted by molar-refractivity contribution is 0.0935. The van der Waals surface area contributed by atoms with Crippen LogP contribution in [0.1, 0.15) is 21.0 Å². The number of aromatic nitrogens is 2. The largest absolute Gasteiger partial charge is 0.339 e. The highest BCUT2D eigenvalue weighted by molar-refractivity contribution is 8.76. The van der Waals surface area contributed by atoms with Crippen LogP contribution in [0.5, 0.6) is 0 Å². The number of carbonyl (C=O) groups is 2. The highest BCUT2D eigenvalue weighted by Crippen LogP contribution is 2.47. The maximum absolute atomic E-state index is 12.5. The Bertz CT molecular complexity index is 1190. The lowest BCUT2D eigenvalue weighted by atomic mass is 10.2. The number of amides is 2. The smallest absolute Gasteiger partial charge is 0.283 e. The van der Waals surface area contributed by atoms with Crippen molar-refractivity contribution in [3.05, 3.63) is 59.9 Å². The zero-order valence-electron chi connectivity index (χ0n) is 16.3. The molecule has 0 atom stereocenters. The Morgan fingerprint density at radius 3 is 1.47 bits per heavy atom. The van der Waals surface area contributed by atoms with E-state index in [1.165, 1.54) is 21.6 Å². The second-order valence-corrected chi connectivity index (χ2v) is 8.77. The number of rotatable bonds is 5. The molecule has 154 valence electrons. The van der Waals surface area contributed by atoms with E-state index in [1.807, 2.05) is 71.8 Å². The molecule has 0 unspecified atom stereocenters. The first-order chi connectivity index (χ1) is 14.5. The summed E-state index contributed by atoms with van der Waals surface area (Å²) in [6, 6.07) is 15.5. The molecule has 4 rings (SSSR count). The van der Waals surface area contributed by atoms with Crippen LogP contribution < -0.4 is 22.5 Å². The van der Waals surface area contributed by atoms with Gasteiger partial charge in [-0.15, -0.1) is 0 Å². The van der Waals surface area contributed by atoms with Gasteiger partial charge in [0.15, 0.2) is 0 Å². The van der Waals surface area contributed by atoms with Crippen LogP contribution in [0.2, 0.25) is 0 Å². The number of hydrazine groups is 2. The first-order valence-electron chi connectivity index (χ1n) is 9.00. The average Bonchev–Trinajstić information content (AvgIpc) is 3.22. The van der Waals surface area contributed by atoms with Gasteiger partial charge < -0.3 is 9.13 Å². The van der Waals surface area contributed by atoms with Crippen molar-refractivity contribution in [3.8, 4) is 0 Å². The molecule has 0 fully saturated rings. The molecule has 2 aromatic heterocycles. The number of para-hydroxylation sites is 2. The second-order valence-electron chi connectivity index (χ2n) is 6.62. The minimum absolute atomic E-state index is 0.380. The van der Waals surface area contributed by atoms with Gasteiger partial charge in [-0.2, -0.15) is 0 Å². The van der Waals surface area contributed by atoms with Crippen molar-refractivity contribution in [3.63, 3.8) is 0 Å². The Morgan fingerprint density at radius 1 is 0.733 bits per heavy atom. The summed E-state index contributed by atoms with van der Waals surface area (Å²) in [4.78, 5) is 26.6. The standard InChI is InChI=1S/C20H20N6O2S2/c1-25-13-9-5-3-7-11(13)17(15(25)19(27)23-21)29-30-18-12-8-4-6-10-14(12)26(2)16(18)20(28)24-22/h3-10H,21-22H2,1-2H3,(H,23,27)(H,24,28). The van der Waals surface area contributed by atoms with Crippen LogP contribution in [0, 0.1) is 0 Å². The monoisotopic (exact) mass is 440 g/mol. The summed E-state index contributed by atoms with van der Waals surface area (Å²) in [7, 11) is 6.47. The third-order valence-electron chi connectivity index (χ3n) is 5.02. The third-order valence-corrected chi connectivity index (χ3v) is 7.51. The highest BCUT2D eigenvalue weighted by Gasteiger charge is 2.25. The van der Waals surface area contributed by atoms with Crippen molar-refractivity contribution in [2.24, 2.45) is 25.8 Å². The molecule has 0 bridgehead atoms. The molecule has 30 heavy (non-hydrogen) atoms. The molecule has 10 heteroatoms. The fourth-order valence-electron chi connectivity index (χ4n) is 3.62. The Hall–Kier alpha value is -2.92. The molecule has 0 spiro atoms. The minimum Gasteiger partial charge on any atom is -0.339 e. The maximum Gasteiger partial charge on any atom is 0.283 e. The van der Waals surface area contributed by atoms with Gasteiger partial charge in [0, 0.05) is 35.9 Å². The molecule has 4 aromatic rings. The zero-order chi connectivity index (χ0) is 21.4. The number of aryl methyl sites for hydroxylation is 2. The van der Waals surface area contributed by atoms with Crippen LogP contribution >= 0.6 is 21.6 Å². The van der Waals surface area contributed by atoms with Crippen LogP contribution in [0.25, 0.3) is 21.8 Å². The summed E-state index contributed by atoms with van der Waals surface area (Å²) >= 11 is 0. The summed E-state index contributed by atoms with van der Waals surface area (Å²) in [5, 5.41) is 1.86. The molecule has 2 amide bonds. The van der Waals surface area contributed by atoms with Crippen LogP contribution in [-0.2, 0) is 14.1 Å². The summed E-state index contributed by atoms with van der Waals surface area (Å²) in [5.74, 6) is 10.1. The molecule has 2 heterocycles. The van der Waals surface area contributed by atoms with Gasteiger partial charge >= 0.3 is 0 Å². The van der Waals surface area contributed by atoms with Gasteiger partial charge in [0.2, 0.25) is 0 Å². The van der Waals surface area contributed by atoms with Crippen molar-refractivity contribution in [1.82, 2.24) is 20.0 Å². The van der Waals surface area contributed by atoms with E-state index >= 15 is 0 Å². The van der Waals surface area contributed by atoms with Crippen molar-refractivity contribution >= 4 is 55.2 Å². The Labute approximate surface area is 180 Å². The van der Waals surface area contributed by atoms with Gasteiger partial charge in [-0.1, -0.05) is 36.4 Å². The number of nitrogens with zero attached hydrogens (tertiary/aromatic N) is 2. The summed E-state index contributed by atoms with van der Waals surface area (Å²) < 4.78 is 3.63. The number of benzene rings is 2. The Morgan fingerprint density at radius 2 is 1.10 bits per heavy atom. The van der Waals surface area contributed by atoms with Crippen molar-refractivity contribution in [1.29, 1.82) is 0 Å². The third kappa shape index (κ3) is 3.14. The van der Waals surface area contributed by atoms with Crippen LogP contribution in [0.3, 0.4) is 0 Å². The second kappa shape index (κ2) is 8.07. The van der Waals surface area contributed by atoms with E-state index in [9.17, 15) is 9.59 Å². The van der Waals surface area contributed by atoms with Gasteiger partial charge in [-0.3, -0.25) is 20.4 Å². The van der Waals surface area contributed by atoms with Crippen molar-refractivity contribution in [2.75, 3.05) is 0 Å². The highest BCUT2D eigenvalue weighted by atomic mass is 33.1. The van der Waals surface area contributed by atoms with E-state index in [0.717, 1.165) is 31.6 Å². The van der Waals surface area contributed by atoms with E-state index in [-0.39, 0.29) is 11.8 Å². The number of nitrogens with one attached hydrogen (secondary N) is 2. The summed E-state index contributed by atoms with van der Waals surface area (Å²) in [5.41, 5.74) is 7.20. The molecule has 8 nitrogen and oxygen atoms in total. The molecule has 0 saturated heterocycles. The molecular formula is C20H20N6O2S2. The molecule has 0 radical (unpaired) electrons. The fraction of sp³-hybridized carbons (Fsp3) is 0.100. The molecule has 6 N–H and O–H groups in total. The van der Waals surface area contributed by atoms with Crippen molar-refractivity contribution < 1.29 is 9.59 Å². The first kappa shape index (κ1) is 20.4. The first-order valence-corrected chi connectivity index (χ1v) is 11.2. The normalized spacial score (nSPS) is 11.2. The van der Waals surface area contributed by atoms with Crippen molar-refractivity contribution in [2.45, 2.75) is 9.79 Å². The number of nitrogen functional groups attached to an aromatic ring is 2. The number of carbonyl (C=O) groups excluding carboxylic acids is 2. The lowest BCUT2D eigenvalue weighted by Gasteiger charge is -2.08. The molecular weight excluding hydrogens is 420 g/mol. The maximum atomic E-state index is 12.5. The van der Waals surface area contributed by atoms with Gasteiger partial charge in [0.1, 0.15) is 11.4 Å². The molecule has 0 saturated carbocycles. The van der Waals surface area contributed by atoms with E-state index in [1.54, 1.807) is 0 Å². The van der Waals surface area contributed by atoms with E-state index in [2.05, 4.69) is 10.9 Å². The quantitative estimate of drug-likeness (QED) is 0.164. The van der Waals surface area contributed by atoms with Crippen LogP contribution in [-0.4, -0.2) is 20.9 Å². The lowest BCUT2D eigenvalue weighted by Crippen LogP contribution is -2.32. The predicted molar refractivity (Wildman–Crippen MR) is 121 cm³/mol. The molecule has 0 aliphatic heterocycles. The number of nitrogens with two attached hydrogens (primary N) is 2. The molecule has 2 aromatic carbocycles. The Balaban J connectivity index is 1.85. The Kier molecular flexibility index (Phi) is 5.48. The van der Waals surface area contributed by atoms with Crippen LogP contribution in [0.4, 0.5) is 0 Å². The van der Waals surface area contributed by atoms with Gasteiger partial charge in [0.25, 0.3) is 11.8 Å². The predicted octanol–water partition coefficient (Wildman–Crippen LogP) is 2.68. The van der Waals surface area contributed by atoms with E-state index < -0.39 is 0 Å². The van der Waals surface area contributed by atoms with Gasteiger partial charge in [0.05, 0.1) is 9.79 Å². The zero-order valence-corrected chi connectivity index (χ0v) is 17.9. The number of fused-ring (bicyclic) bond motifs is 2. The number of hydrogen-bond acceptors (Lipinski definition) is 6.